The van der Waals surface area contributed by atoms with Crippen molar-refractivity contribution in [2.45, 2.75) is 18.5 Å². The molecule has 0 saturated heterocycles. The molecule has 33 heavy (non-hydrogen) atoms. The van der Waals surface area contributed by atoms with Crippen LogP contribution in [0.5, 0.6) is 5.75 Å². The topological polar surface area (TPSA) is 104 Å². The standard InChI is InChI=1S/C24H24N6O2S/c1-2-32-19-12-10-17(11-13-19)16-25-28-23-27-24(30-29-23)33-15-14-22(31)26-21-9-5-7-18-6-3-4-8-20(18)21/h3-13,16H,2,14-15H2,1H3,(H,26,31)(H2,27,28,29,30)/b25-16-. The van der Waals surface area contributed by atoms with Crippen molar-refractivity contribution in [3.63, 3.8) is 0 Å². The molecule has 0 aliphatic heterocycles. The van der Waals surface area contributed by atoms with Crippen LogP contribution in [0.3, 0.4) is 0 Å². The number of benzene rings is 3. The molecule has 0 saturated carbocycles. The number of carbonyl (C=O) groups excluding carboxylic acids is 1. The van der Waals surface area contributed by atoms with Crippen molar-refractivity contribution in [2.75, 3.05) is 23.1 Å². The molecule has 0 bridgehead atoms. The molecule has 3 N–H and O–H groups in total. The lowest BCUT2D eigenvalue weighted by Gasteiger charge is -2.08. The van der Waals surface area contributed by atoms with Gasteiger partial charge in [0.2, 0.25) is 17.0 Å². The number of rotatable bonds is 10. The second kappa shape index (κ2) is 11.1. The first-order valence-electron chi connectivity index (χ1n) is 10.6. The molecule has 0 atom stereocenters. The number of nitrogens with zero attached hydrogens (tertiary/aromatic N) is 3. The number of hydrazone groups is 1. The van der Waals surface area contributed by atoms with Crippen molar-refractivity contribution in [3.8, 4) is 5.75 Å². The highest BCUT2D eigenvalue weighted by molar-refractivity contribution is 7.99. The molecule has 4 rings (SSSR count). The van der Waals surface area contributed by atoms with E-state index in [1.165, 1.54) is 11.8 Å². The summed E-state index contributed by atoms with van der Waals surface area (Å²) in [5.74, 6) is 1.77. The molecule has 0 spiro atoms. The highest BCUT2D eigenvalue weighted by Crippen LogP contribution is 2.23. The molecule has 1 aromatic heterocycles. The fourth-order valence-corrected chi connectivity index (χ4v) is 3.86. The summed E-state index contributed by atoms with van der Waals surface area (Å²) >= 11 is 1.40. The van der Waals surface area contributed by atoms with Crippen LogP contribution < -0.4 is 15.5 Å². The molecule has 1 amide bonds. The number of hydrogen-bond acceptors (Lipinski definition) is 7. The Morgan fingerprint density at radius 1 is 1.12 bits per heavy atom. The molecule has 4 aromatic rings. The van der Waals surface area contributed by atoms with Gasteiger partial charge in [-0.2, -0.15) is 10.1 Å². The third-order valence-electron chi connectivity index (χ3n) is 4.66. The van der Waals surface area contributed by atoms with Crippen molar-refractivity contribution in [1.82, 2.24) is 15.2 Å². The zero-order valence-electron chi connectivity index (χ0n) is 18.1. The molecule has 0 unspecified atom stereocenters. The van der Waals surface area contributed by atoms with Crippen molar-refractivity contribution in [3.05, 3.63) is 72.3 Å². The number of anilines is 2. The Hall–Kier alpha value is -3.85. The van der Waals surface area contributed by atoms with Crippen molar-refractivity contribution < 1.29 is 9.53 Å². The van der Waals surface area contributed by atoms with Gasteiger partial charge in [-0.05, 0) is 48.2 Å². The second-order valence-corrected chi connectivity index (χ2v) is 8.07. The Morgan fingerprint density at radius 3 is 2.79 bits per heavy atom. The Bertz CT molecular complexity index is 1230. The summed E-state index contributed by atoms with van der Waals surface area (Å²) in [7, 11) is 0. The van der Waals surface area contributed by atoms with Crippen LogP contribution >= 0.6 is 11.8 Å². The summed E-state index contributed by atoms with van der Waals surface area (Å²) in [6, 6.07) is 21.5. The van der Waals surface area contributed by atoms with Gasteiger partial charge in [-0.3, -0.25) is 4.79 Å². The predicted molar refractivity (Wildman–Crippen MR) is 133 cm³/mol. The molecule has 9 heteroatoms. The van der Waals surface area contributed by atoms with Gasteiger partial charge in [0, 0.05) is 23.2 Å². The molecule has 0 radical (unpaired) electrons. The second-order valence-electron chi connectivity index (χ2n) is 7.01. The Labute approximate surface area is 195 Å². The van der Waals surface area contributed by atoms with E-state index in [2.05, 4.69) is 31.0 Å². The molecule has 3 aromatic carbocycles. The number of H-pyrrole nitrogens is 1. The van der Waals surface area contributed by atoms with Crippen LogP contribution in [0.4, 0.5) is 11.6 Å². The van der Waals surface area contributed by atoms with Crippen LogP contribution in [0.1, 0.15) is 18.9 Å². The van der Waals surface area contributed by atoms with Gasteiger partial charge < -0.3 is 10.1 Å². The van der Waals surface area contributed by atoms with Crippen LogP contribution in [0.15, 0.2) is 77.0 Å². The van der Waals surface area contributed by atoms with E-state index in [4.69, 9.17) is 4.74 Å². The molecule has 0 fully saturated rings. The number of fused-ring (bicyclic) bond motifs is 1. The lowest BCUT2D eigenvalue weighted by molar-refractivity contribution is -0.115. The van der Waals surface area contributed by atoms with E-state index in [1.807, 2.05) is 73.7 Å². The van der Waals surface area contributed by atoms with E-state index in [0.29, 0.717) is 29.9 Å². The number of hydrogen-bond donors (Lipinski definition) is 3. The maximum absolute atomic E-state index is 12.4. The normalized spacial score (nSPS) is 11.1. The monoisotopic (exact) mass is 460 g/mol. The summed E-state index contributed by atoms with van der Waals surface area (Å²) in [4.78, 5) is 16.7. The third-order valence-corrected chi connectivity index (χ3v) is 5.51. The van der Waals surface area contributed by atoms with E-state index in [0.717, 1.165) is 27.8 Å². The predicted octanol–water partition coefficient (Wildman–Crippen LogP) is 4.92. The summed E-state index contributed by atoms with van der Waals surface area (Å²) in [6.45, 7) is 2.58. The van der Waals surface area contributed by atoms with Gasteiger partial charge in [-0.25, -0.2) is 10.5 Å². The van der Waals surface area contributed by atoms with Gasteiger partial charge in [0.1, 0.15) is 5.75 Å². The molecule has 1 heterocycles. The number of thioether (sulfide) groups is 1. The molecular formula is C24H24N6O2S. The lowest BCUT2D eigenvalue weighted by Crippen LogP contribution is -2.12. The first kappa shape index (κ1) is 22.3. The molecule has 0 aliphatic carbocycles. The minimum Gasteiger partial charge on any atom is -0.494 e. The minimum atomic E-state index is -0.0484. The number of nitrogens with one attached hydrogen (secondary N) is 3. The summed E-state index contributed by atoms with van der Waals surface area (Å²) in [5.41, 5.74) is 4.56. The average molecular weight is 461 g/mol. The number of aromatic amines is 1. The van der Waals surface area contributed by atoms with Crippen LogP contribution in [0, 0.1) is 0 Å². The van der Waals surface area contributed by atoms with Gasteiger partial charge in [-0.1, -0.05) is 48.2 Å². The van der Waals surface area contributed by atoms with Crippen LogP contribution in [-0.2, 0) is 4.79 Å². The van der Waals surface area contributed by atoms with E-state index >= 15 is 0 Å². The van der Waals surface area contributed by atoms with Gasteiger partial charge in [0.15, 0.2) is 0 Å². The third kappa shape index (κ3) is 6.33. The SMILES string of the molecule is CCOc1ccc(/C=N\Nc2nc(SCCC(=O)Nc3cccc4ccccc34)n[nH]2)cc1. The maximum atomic E-state index is 12.4. The van der Waals surface area contributed by atoms with Gasteiger partial charge in [-0.15, -0.1) is 5.10 Å². The molecular weight excluding hydrogens is 436 g/mol. The number of carbonyl (C=O) groups is 1. The highest BCUT2D eigenvalue weighted by Gasteiger charge is 2.08. The van der Waals surface area contributed by atoms with Gasteiger partial charge in [0.25, 0.3) is 0 Å². The first-order chi connectivity index (χ1) is 16.2. The summed E-state index contributed by atoms with van der Waals surface area (Å²) in [5, 5.41) is 16.7. The van der Waals surface area contributed by atoms with Gasteiger partial charge >= 0.3 is 0 Å². The maximum Gasteiger partial charge on any atom is 0.240 e. The van der Waals surface area contributed by atoms with Crippen molar-refractivity contribution in [1.29, 1.82) is 0 Å². The van der Waals surface area contributed by atoms with Crippen LogP contribution in [0.25, 0.3) is 10.8 Å². The quantitative estimate of drug-likeness (QED) is 0.176. The Morgan fingerprint density at radius 2 is 1.94 bits per heavy atom. The fourth-order valence-electron chi connectivity index (χ4n) is 3.13. The average Bonchev–Trinajstić information content (AvgIpc) is 3.28. The molecule has 168 valence electrons. The van der Waals surface area contributed by atoms with Crippen molar-refractivity contribution in [2.24, 2.45) is 5.10 Å². The first-order valence-corrected chi connectivity index (χ1v) is 11.5. The molecule has 8 nitrogen and oxygen atoms in total. The van der Waals surface area contributed by atoms with E-state index in [-0.39, 0.29) is 5.91 Å². The van der Waals surface area contributed by atoms with Crippen molar-refractivity contribution >= 4 is 46.3 Å². The van der Waals surface area contributed by atoms with Crippen LogP contribution in [-0.4, -0.2) is 39.7 Å². The van der Waals surface area contributed by atoms with Crippen LogP contribution in [0.2, 0.25) is 0 Å². The van der Waals surface area contributed by atoms with E-state index < -0.39 is 0 Å². The zero-order valence-corrected chi connectivity index (χ0v) is 18.9. The summed E-state index contributed by atoms with van der Waals surface area (Å²) < 4.78 is 5.42. The van der Waals surface area contributed by atoms with Gasteiger partial charge in [0.05, 0.1) is 12.8 Å². The lowest BCUT2D eigenvalue weighted by atomic mass is 10.1. The van der Waals surface area contributed by atoms with E-state index in [9.17, 15) is 4.79 Å². The fraction of sp³-hybridized carbons (Fsp3) is 0.167. The highest BCUT2D eigenvalue weighted by atomic mass is 32.2. The number of aromatic nitrogens is 3. The smallest absolute Gasteiger partial charge is 0.240 e. The Kier molecular flexibility index (Phi) is 7.55. The number of ether oxygens (including phenoxy) is 1. The van der Waals surface area contributed by atoms with E-state index in [1.54, 1.807) is 6.21 Å². The largest absolute Gasteiger partial charge is 0.494 e. The minimum absolute atomic E-state index is 0.0484. The molecule has 0 aliphatic rings. The Balaban J connectivity index is 1.22. The zero-order chi connectivity index (χ0) is 22.9. The summed E-state index contributed by atoms with van der Waals surface area (Å²) in [6.07, 6.45) is 2.03. The number of amides is 1.